The first-order valence-corrected chi connectivity index (χ1v) is 22.5. The quantitative estimate of drug-likeness (QED) is 0.152. The Bertz CT molecular complexity index is 3530. The third-order valence-electron chi connectivity index (χ3n) is 13.5. The lowest BCUT2D eigenvalue weighted by Gasteiger charge is -2.26. The molecule has 0 N–H and O–H groups in total. The molecular formula is C63H45NO. The largest absolute Gasteiger partial charge is 0.456 e. The van der Waals surface area contributed by atoms with Crippen LogP contribution >= 0.6 is 0 Å². The van der Waals surface area contributed by atoms with Crippen LogP contribution in [0.25, 0.3) is 88.7 Å². The average molecular weight is 832 g/mol. The van der Waals surface area contributed by atoms with Crippen LogP contribution in [0, 0.1) is 0 Å². The molecule has 10 aromatic carbocycles. The third kappa shape index (κ3) is 6.74. The number of hydrogen-bond donors (Lipinski definition) is 0. The summed E-state index contributed by atoms with van der Waals surface area (Å²) in [6.45, 7) is 4.73. The Kier molecular flexibility index (Phi) is 9.21. The maximum Gasteiger partial charge on any atom is 0.136 e. The van der Waals surface area contributed by atoms with E-state index < -0.39 is 0 Å². The van der Waals surface area contributed by atoms with Crippen LogP contribution in [-0.4, -0.2) is 0 Å². The maximum atomic E-state index is 6.30. The number of furan rings is 1. The molecule has 1 heterocycles. The van der Waals surface area contributed by atoms with Crippen molar-refractivity contribution >= 4 is 39.0 Å². The van der Waals surface area contributed by atoms with Gasteiger partial charge in [0, 0.05) is 33.2 Å². The van der Waals surface area contributed by atoms with Crippen LogP contribution in [0.1, 0.15) is 25.0 Å². The van der Waals surface area contributed by atoms with Crippen LogP contribution in [0.4, 0.5) is 17.1 Å². The number of fused-ring (bicyclic) bond motifs is 6. The second kappa shape index (κ2) is 15.6. The average Bonchev–Trinajstić information content (AvgIpc) is 3.86. The lowest BCUT2D eigenvalue weighted by molar-refractivity contribution is 0.660. The molecule has 1 aromatic heterocycles. The summed E-state index contributed by atoms with van der Waals surface area (Å²) in [4.78, 5) is 2.37. The van der Waals surface area contributed by atoms with Gasteiger partial charge in [0.25, 0.3) is 0 Å². The summed E-state index contributed by atoms with van der Waals surface area (Å²) in [5.41, 5.74) is 22.3. The Morgan fingerprint density at radius 1 is 0.308 bits per heavy atom. The second-order valence-electron chi connectivity index (χ2n) is 17.7. The minimum absolute atomic E-state index is 0.171. The van der Waals surface area contributed by atoms with Crippen LogP contribution in [0.3, 0.4) is 0 Å². The Balaban J connectivity index is 0.906. The van der Waals surface area contributed by atoms with Gasteiger partial charge in [0.15, 0.2) is 0 Å². The van der Waals surface area contributed by atoms with Gasteiger partial charge >= 0.3 is 0 Å². The van der Waals surface area contributed by atoms with Gasteiger partial charge in [-0.05, 0) is 139 Å². The lowest BCUT2D eigenvalue weighted by Crippen LogP contribution is -2.15. The van der Waals surface area contributed by atoms with Gasteiger partial charge in [0.05, 0.1) is 0 Å². The number of rotatable bonds is 8. The van der Waals surface area contributed by atoms with E-state index in [4.69, 9.17) is 4.42 Å². The number of nitrogens with zero attached hydrogens (tertiary/aromatic N) is 1. The summed E-state index contributed by atoms with van der Waals surface area (Å²) in [6, 6.07) is 85.8. The van der Waals surface area contributed by atoms with Crippen LogP contribution in [0.15, 0.2) is 241 Å². The topological polar surface area (TPSA) is 16.4 Å². The van der Waals surface area contributed by atoms with Crippen molar-refractivity contribution in [1.29, 1.82) is 0 Å². The number of benzene rings is 10. The minimum Gasteiger partial charge on any atom is -0.456 e. The van der Waals surface area contributed by atoms with E-state index in [0.717, 1.165) is 44.6 Å². The maximum absolute atomic E-state index is 6.30. The van der Waals surface area contributed by atoms with Crippen molar-refractivity contribution in [3.8, 4) is 66.8 Å². The van der Waals surface area contributed by atoms with Crippen LogP contribution in [0.5, 0.6) is 0 Å². The molecule has 1 aliphatic rings. The van der Waals surface area contributed by atoms with E-state index in [1.54, 1.807) is 0 Å². The highest BCUT2D eigenvalue weighted by molar-refractivity contribution is 6.06. The molecule has 0 atom stereocenters. The normalized spacial score (nSPS) is 12.6. The fourth-order valence-electron chi connectivity index (χ4n) is 10.1. The van der Waals surface area contributed by atoms with Gasteiger partial charge in [-0.1, -0.05) is 190 Å². The van der Waals surface area contributed by atoms with Crippen LogP contribution in [0.2, 0.25) is 0 Å². The Morgan fingerprint density at radius 2 is 0.800 bits per heavy atom. The molecule has 0 spiro atoms. The van der Waals surface area contributed by atoms with E-state index in [9.17, 15) is 0 Å². The van der Waals surface area contributed by atoms with Gasteiger partial charge in [0.2, 0.25) is 0 Å². The number of para-hydroxylation sites is 1. The van der Waals surface area contributed by atoms with Crippen molar-refractivity contribution < 1.29 is 4.42 Å². The standard InChI is InChI=1S/C63H45NO/c1-63(2)58-21-12-20-54(62(58)57-38-32-49(40-59(57)63)50-31-37-56-55-19-9-10-22-60(55)65-61(56)41-50)47-29-35-52(36-30-47)64(51-33-27-45(28-34-51)43-15-7-4-8-16-43)53-18-11-17-48(39-53)46-25-23-44(24-26-46)42-13-5-3-6-14-42/h3-41H,1-2H3. The fraction of sp³-hybridized carbons (Fsp3) is 0.0476. The molecule has 0 amide bonds. The summed E-state index contributed by atoms with van der Waals surface area (Å²) >= 11 is 0. The molecule has 65 heavy (non-hydrogen) atoms. The highest BCUT2D eigenvalue weighted by Gasteiger charge is 2.37. The summed E-state index contributed by atoms with van der Waals surface area (Å²) in [5, 5.41) is 2.30. The molecule has 11 aromatic rings. The summed E-state index contributed by atoms with van der Waals surface area (Å²) in [7, 11) is 0. The first kappa shape index (κ1) is 38.5. The number of anilines is 3. The molecule has 1 aliphatic carbocycles. The first-order valence-electron chi connectivity index (χ1n) is 22.5. The number of hydrogen-bond acceptors (Lipinski definition) is 2. The molecule has 0 aliphatic heterocycles. The van der Waals surface area contributed by atoms with Gasteiger partial charge < -0.3 is 9.32 Å². The Hall–Kier alpha value is -8.20. The van der Waals surface area contributed by atoms with E-state index >= 15 is 0 Å². The molecule has 0 radical (unpaired) electrons. The zero-order valence-electron chi connectivity index (χ0n) is 36.4. The molecule has 2 nitrogen and oxygen atoms in total. The van der Waals surface area contributed by atoms with Gasteiger partial charge in [-0.15, -0.1) is 0 Å². The molecule has 0 saturated heterocycles. The van der Waals surface area contributed by atoms with Gasteiger partial charge in [0.1, 0.15) is 11.2 Å². The predicted octanol–water partition coefficient (Wildman–Crippen LogP) is 17.7. The smallest absolute Gasteiger partial charge is 0.136 e. The summed E-state index contributed by atoms with van der Waals surface area (Å²) < 4.78 is 6.30. The van der Waals surface area contributed by atoms with Gasteiger partial charge in [-0.3, -0.25) is 0 Å². The minimum atomic E-state index is -0.171. The highest BCUT2D eigenvalue weighted by Crippen LogP contribution is 2.53. The van der Waals surface area contributed by atoms with Crippen molar-refractivity contribution in [2.24, 2.45) is 0 Å². The van der Waals surface area contributed by atoms with Crippen molar-refractivity contribution in [3.05, 3.63) is 248 Å². The van der Waals surface area contributed by atoms with E-state index in [0.29, 0.717) is 0 Å². The molecule has 0 bridgehead atoms. The van der Waals surface area contributed by atoms with E-state index in [1.807, 2.05) is 12.1 Å². The fourth-order valence-corrected chi connectivity index (χ4v) is 10.1. The van der Waals surface area contributed by atoms with E-state index in [2.05, 4.69) is 243 Å². The predicted molar refractivity (Wildman–Crippen MR) is 273 cm³/mol. The molecule has 12 rings (SSSR count). The Labute approximate surface area is 380 Å². The van der Waals surface area contributed by atoms with E-state index in [-0.39, 0.29) is 5.41 Å². The zero-order chi connectivity index (χ0) is 43.5. The molecule has 0 fully saturated rings. The molecule has 308 valence electrons. The summed E-state index contributed by atoms with van der Waals surface area (Å²) in [5.74, 6) is 0. The molecular weight excluding hydrogens is 787 g/mol. The van der Waals surface area contributed by atoms with Crippen molar-refractivity contribution in [2.75, 3.05) is 4.90 Å². The van der Waals surface area contributed by atoms with Gasteiger partial charge in [-0.2, -0.15) is 0 Å². The van der Waals surface area contributed by atoms with Crippen molar-refractivity contribution in [1.82, 2.24) is 0 Å². The molecule has 0 saturated carbocycles. The van der Waals surface area contributed by atoms with E-state index in [1.165, 1.54) is 72.3 Å². The molecule has 0 unspecified atom stereocenters. The van der Waals surface area contributed by atoms with Crippen LogP contribution < -0.4 is 4.90 Å². The lowest BCUT2D eigenvalue weighted by atomic mass is 9.81. The van der Waals surface area contributed by atoms with Crippen LogP contribution in [-0.2, 0) is 5.41 Å². The highest BCUT2D eigenvalue weighted by atomic mass is 16.3. The van der Waals surface area contributed by atoms with Crippen molar-refractivity contribution in [2.45, 2.75) is 19.3 Å². The first-order chi connectivity index (χ1) is 32.0. The van der Waals surface area contributed by atoms with Crippen molar-refractivity contribution in [3.63, 3.8) is 0 Å². The molecule has 2 heteroatoms. The van der Waals surface area contributed by atoms with Gasteiger partial charge in [-0.25, -0.2) is 0 Å². The third-order valence-corrected chi connectivity index (χ3v) is 13.5. The monoisotopic (exact) mass is 831 g/mol. The zero-order valence-corrected chi connectivity index (χ0v) is 36.4. The summed E-state index contributed by atoms with van der Waals surface area (Å²) in [6.07, 6.45) is 0. The second-order valence-corrected chi connectivity index (χ2v) is 17.7. The Morgan fingerprint density at radius 3 is 1.49 bits per heavy atom. The SMILES string of the molecule is CC1(C)c2cc(-c3ccc4c(c3)oc3ccccc34)ccc2-c2c(-c3ccc(N(c4ccc(-c5ccccc5)cc4)c4cccc(-c5ccc(-c6ccccc6)cc5)c4)cc3)cccc21.